The van der Waals surface area contributed by atoms with Gasteiger partial charge in [-0.2, -0.15) is 9.50 Å². The fourth-order valence-corrected chi connectivity index (χ4v) is 3.80. The van der Waals surface area contributed by atoms with Crippen molar-refractivity contribution in [3.8, 4) is 17.3 Å². The van der Waals surface area contributed by atoms with Crippen molar-refractivity contribution >= 4 is 22.4 Å². The predicted molar refractivity (Wildman–Crippen MR) is 111 cm³/mol. The summed E-state index contributed by atoms with van der Waals surface area (Å²) in [6.45, 7) is 0.514. The molecule has 0 saturated carbocycles. The number of hydrogen-bond acceptors (Lipinski definition) is 6. The van der Waals surface area contributed by atoms with Crippen LogP contribution in [0.15, 0.2) is 82.2 Å². The summed E-state index contributed by atoms with van der Waals surface area (Å²) in [6, 6.07) is 21.2. The monoisotopic (exact) mass is 401 g/mol. The molecule has 0 radical (unpaired) electrons. The number of thiazole rings is 1. The Bertz CT molecular complexity index is 1350. The second-order valence-electron chi connectivity index (χ2n) is 6.37. The highest BCUT2D eigenvalue weighted by atomic mass is 32.1. The van der Waals surface area contributed by atoms with E-state index in [9.17, 15) is 4.79 Å². The standard InChI is InChI=1S/C22H15N3O3S/c26-21-19(29-22-23-20(24-25(21)22)18-7-4-12-27-18)13-15-8-10-17(11-9-15)28-14-16-5-2-1-3-6-16/h1-13H,14H2/b19-13-. The van der Waals surface area contributed by atoms with E-state index in [1.54, 1.807) is 18.4 Å². The summed E-state index contributed by atoms with van der Waals surface area (Å²) in [6.07, 6.45) is 3.38. The van der Waals surface area contributed by atoms with Gasteiger partial charge in [0, 0.05) is 0 Å². The van der Waals surface area contributed by atoms with Crippen molar-refractivity contribution in [2.45, 2.75) is 6.61 Å². The van der Waals surface area contributed by atoms with Gasteiger partial charge in [0.25, 0.3) is 5.56 Å². The van der Waals surface area contributed by atoms with Gasteiger partial charge >= 0.3 is 0 Å². The summed E-state index contributed by atoms with van der Waals surface area (Å²) in [7, 11) is 0. The number of nitrogens with zero attached hydrogens (tertiary/aromatic N) is 3. The number of rotatable bonds is 5. The van der Waals surface area contributed by atoms with Gasteiger partial charge in [-0.1, -0.05) is 53.8 Å². The summed E-state index contributed by atoms with van der Waals surface area (Å²) in [5.74, 6) is 1.72. The molecule has 0 saturated heterocycles. The molecule has 0 N–H and O–H groups in total. The van der Waals surface area contributed by atoms with Gasteiger partial charge in [-0.15, -0.1) is 5.10 Å². The second-order valence-corrected chi connectivity index (χ2v) is 7.38. The summed E-state index contributed by atoms with van der Waals surface area (Å²) >= 11 is 1.30. The maximum atomic E-state index is 12.6. The van der Waals surface area contributed by atoms with Gasteiger partial charge in [-0.3, -0.25) is 4.79 Å². The molecule has 0 aliphatic heterocycles. The van der Waals surface area contributed by atoms with Crippen LogP contribution in [0.5, 0.6) is 5.75 Å². The second kappa shape index (κ2) is 7.37. The van der Waals surface area contributed by atoms with E-state index >= 15 is 0 Å². The highest BCUT2D eigenvalue weighted by Crippen LogP contribution is 2.17. The van der Waals surface area contributed by atoms with Crippen LogP contribution in [0.2, 0.25) is 0 Å². The van der Waals surface area contributed by atoms with Crippen molar-refractivity contribution in [3.05, 3.63) is 99.0 Å². The van der Waals surface area contributed by atoms with Crippen LogP contribution in [0.25, 0.3) is 22.6 Å². The molecule has 0 fully saturated rings. The molecule has 2 aromatic carbocycles. The van der Waals surface area contributed by atoms with Crippen LogP contribution in [0.1, 0.15) is 11.1 Å². The first-order valence-corrected chi connectivity index (χ1v) is 9.80. The number of fused-ring (bicyclic) bond motifs is 1. The fraction of sp³-hybridized carbons (Fsp3) is 0.0455. The summed E-state index contributed by atoms with van der Waals surface area (Å²) in [5.41, 5.74) is 1.83. The van der Waals surface area contributed by atoms with Gasteiger partial charge in [0.05, 0.1) is 10.8 Å². The fourth-order valence-electron chi connectivity index (χ4n) is 2.90. The molecule has 0 bridgehead atoms. The Balaban J connectivity index is 1.37. The number of aromatic nitrogens is 3. The van der Waals surface area contributed by atoms with E-state index in [1.165, 1.54) is 15.9 Å². The zero-order valence-electron chi connectivity index (χ0n) is 15.2. The van der Waals surface area contributed by atoms with Crippen molar-refractivity contribution < 1.29 is 9.15 Å². The number of hydrogen-bond donors (Lipinski definition) is 0. The zero-order valence-corrected chi connectivity index (χ0v) is 16.0. The van der Waals surface area contributed by atoms with Crippen LogP contribution in [0.4, 0.5) is 0 Å². The average molecular weight is 401 g/mol. The van der Waals surface area contributed by atoms with Crippen molar-refractivity contribution in [2.75, 3.05) is 0 Å². The highest BCUT2D eigenvalue weighted by molar-refractivity contribution is 7.15. The molecule has 0 spiro atoms. The number of ether oxygens (including phenoxy) is 1. The lowest BCUT2D eigenvalue weighted by Crippen LogP contribution is -2.23. The molecular weight excluding hydrogens is 386 g/mol. The largest absolute Gasteiger partial charge is 0.489 e. The molecule has 5 aromatic rings. The molecule has 0 aliphatic carbocycles. The van der Waals surface area contributed by atoms with Crippen LogP contribution in [-0.2, 0) is 6.61 Å². The lowest BCUT2D eigenvalue weighted by Gasteiger charge is -2.06. The van der Waals surface area contributed by atoms with Crippen molar-refractivity contribution in [1.29, 1.82) is 0 Å². The maximum Gasteiger partial charge on any atom is 0.291 e. The van der Waals surface area contributed by atoms with Crippen molar-refractivity contribution in [1.82, 2.24) is 14.6 Å². The molecule has 0 aliphatic rings. The van der Waals surface area contributed by atoms with E-state index in [-0.39, 0.29) is 5.56 Å². The molecule has 29 heavy (non-hydrogen) atoms. The maximum absolute atomic E-state index is 12.6. The minimum atomic E-state index is -0.195. The van der Waals surface area contributed by atoms with Crippen LogP contribution in [0.3, 0.4) is 0 Å². The van der Waals surface area contributed by atoms with E-state index in [1.807, 2.05) is 60.7 Å². The molecule has 0 amide bonds. The Labute approximate surface area is 169 Å². The van der Waals surface area contributed by atoms with Crippen LogP contribution < -0.4 is 14.8 Å². The lowest BCUT2D eigenvalue weighted by molar-refractivity contribution is 0.306. The normalized spacial score (nSPS) is 11.9. The van der Waals surface area contributed by atoms with Gasteiger partial charge in [0.1, 0.15) is 12.4 Å². The number of benzene rings is 2. The molecule has 0 atom stereocenters. The molecule has 3 heterocycles. The van der Waals surface area contributed by atoms with Gasteiger partial charge in [-0.25, -0.2) is 0 Å². The smallest absolute Gasteiger partial charge is 0.291 e. The zero-order chi connectivity index (χ0) is 19.6. The van der Waals surface area contributed by atoms with Gasteiger partial charge in [0.2, 0.25) is 10.8 Å². The van der Waals surface area contributed by atoms with E-state index < -0.39 is 0 Å². The van der Waals surface area contributed by atoms with Crippen LogP contribution in [0, 0.1) is 0 Å². The Morgan fingerprint density at radius 2 is 1.86 bits per heavy atom. The molecule has 5 rings (SSSR count). The van der Waals surface area contributed by atoms with Gasteiger partial charge < -0.3 is 9.15 Å². The first-order chi connectivity index (χ1) is 14.3. The molecular formula is C22H15N3O3S. The highest BCUT2D eigenvalue weighted by Gasteiger charge is 2.13. The van der Waals surface area contributed by atoms with E-state index in [0.717, 1.165) is 16.9 Å². The summed E-state index contributed by atoms with van der Waals surface area (Å²) in [4.78, 5) is 17.5. The molecule has 142 valence electrons. The van der Waals surface area contributed by atoms with E-state index in [0.29, 0.717) is 27.7 Å². The Morgan fingerprint density at radius 1 is 1.03 bits per heavy atom. The molecule has 3 aromatic heterocycles. The lowest BCUT2D eigenvalue weighted by atomic mass is 10.2. The third kappa shape index (κ3) is 3.55. The number of furan rings is 1. The minimum absolute atomic E-state index is 0.195. The third-order valence-corrected chi connectivity index (χ3v) is 5.31. The summed E-state index contributed by atoms with van der Waals surface area (Å²) < 4.78 is 13.0. The first-order valence-electron chi connectivity index (χ1n) is 8.98. The first kappa shape index (κ1) is 17.4. The van der Waals surface area contributed by atoms with Crippen LogP contribution in [-0.4, -0.2) is 14.6 Å². The van der Waals surface area contributed by atoms with Crippen molar-refractivity contribution in [3.63, 3.8) is 0 Å². The summed E-state index contributed by atoms with van der Waals surface area (Å²) in [5, 5.41) is 4.25. The molecule has 6 nitrogen and oxygen atoms in total. The quantitative estimate of drug-likeness (QED) is 0.451. The van der Waals surface area contributed by atoms with Crippen LogP contribution >= 0.6 is 11.3 Å². The molecule has 0 unspecified atom stereocenters. The van der Waals surface area contributed by atoms with E-state index in [4.69, 9.17) is 9.15 Å². The van der Waals surface area contributed by atoms with Gasteiger partial charge in [-0.05, 0) is 41.5 Å². The Morgan fingerprint density at radius 3 is 2.59 bits per heavy atom. The Hall–Kier alpha value is -3.71. The molecule has 7 heteroatoms. The van der Waals surface area contributed by atoms with Crippen molar-refractivity contribution in [2.24, 2.45) is 0 Å². The Kier molecular flexibility index (Phi) is 4.42. The SMILES string of the molecule is O=c1/c(=C/c2ccc(OCc3ccccc3)cc2)sc2nc(-c3ccco3)nn12. The average Bonchev–Trinajstić information content (AvgIpc) is 3.47. The van der Waals surface area contributed by atoms with E-state index in [2.05, 4.69) is 10.1 Å². The van der Waals surface area contributed by atoms with Gasteiger partial charge in [0.15, 0.2) is 5.76 Å². The predicted octanol–water partition coefficient (Wildman–Crippen LogP) is 3.54. The topological polar surface area (TPSA) is 69.6 Å². The minimum Gasteiger partial charge on any atom is -0.489 e. The third-order valence-electron chi connectivity index (χ3n) is 4.35.